The Morgan fingerprint density at radius 3 is 2.35 bits per heavy atom. The molecule has 2 rings (SSSR count). The molecule has 1 aliphatic carbocycles. The molecule has 108 valence electrons. The summed E-state index contributed by atoms with van der Waals surface area (Å²) in [5.74, 6) is -1.11. The highest BCUT2D eigenvalue weighted by Crippen LogP contribution is 2.52. The van der Waals surface area contributed by atoms with Crippen LogP contribution in [-0.2, 0) is 25.9 Å². The van der Waals surface area contributed by atoms with E-state index in [4.69, 9.17) is 0 Å². The van der Waals surface area contributed by atoms with Crippen molar-refractivity contribution in [2.75, 3.05) is 6.61 Å². The second-order valence-corrected chi connectivity index (χ2v) is 4.83. The molecule has 0 spiro atoms. The van der Waals surface area contributed by atoms with Gasteiger partial charge >= 0.3 is 12.1 Å². The summed E-state index contributed by atoms with van der Waals surface area (Å²) in [4.78, 5) is 22.8. The second-order valence-electron chi connectivity index (χ2n) is 4.83. The molecule has 0 atom stereocenters. The first-order valence-electron chi connectivity index (χ1n) is 6.11. The molecule has 1 aliphatic rings. The lowest BCUT2D eigenvalue weighted by Gasteiger charge is -2.19. The zero-order chi connectivity index (χ0) is 15.0. The molecular weight excluding hydrogens is 273 g/mol. The van der Waals surface area contributed by atoms with E-state index < -0.39 is 35.5 Å². The summed E-state index contributed by atoms with van der Waals surface area (Å²) >= 11 is 0. The molecule has 0 aliphatic heterocycles. The van der Waals surface area contributed by atoms with Crippen molar-refractivity contribution in [1.82, 2.24) is 0 Å². The summed E-state index contributed by atoms with van der Waals surface area (Å²) < 4.78 is 43.6. The largest absolute Gasteiger partial charge is 0.458 e. The molecule has 20 heavy (non-hydrogen) atoms. The number of hydrogen-bond donors (Lipinski definition) is 0. The van der Waals surface area contributed by atoms with Crippen LogP contribution in [0.5, 0.6) is 0 Å². The van der Waals surface area contributed by atoms with Crippen molar-refractivity contribution in [1.29, 1.82) is 0 Å². The predicted molar refractivity (Wildman–Crippen MR) is 64.0 cm³/mol. The van der Waals surface area contributed by atoms with E-state index in [1.165, 1.54) is 18.2 Å². The Labute approximate surface area is 113 Å². The fourth-order valence-electron chi connectivity index (χ4n) is 2.28. The number of halogens is 3. The average molecular weight is 286 g/mol. The number of esters is 1. The Bertz CT molecular complexity index is 545. The van der Waals surface area contributed by atoms with E-state index in [1.807, 2.05) is 0 Å². The Hall–Kier alpha value is -1.85. The molecule has 0 saturated heterocycles. The number of ketones is 1. The minimum absolute atomic E-state index is 0.0235. The SMILES string of the molecule is CC(=O)OCC(=O)C1(c2ccccc2C(F)(F)F)CC1. The summed E-state index contributed by atoms with van der Waals surface area (Å²) in [6.07, 6.45) is -3.81. The molecule has 6 heteroatoms. The van der Waals surface area contributed by atoms with Gasteiger partial charge in [0.2, 0.25) is 0 Å². The van der Waals surface area contributed by atoms with Gasteiger partial charge in [-0.2, -0.15) is 13.2 Å². The Kier molecular flexibility index (Phi) is 3.58. The van der Waals surface area contributed by atoms with E-state index in [2.05, 4.69) is 4.74 Å². The van der Waals surface area contributed by atoms with Crippen molar-refractivity contribution >= 4 is 11.8 Å². The highest BCUT2D eigenvalue weighted by Gasteiger charge is 2.54. The number of ether oxygens (including phenoxy) is 1. The lowest BCUT2D eigenvalue weighted by molar-refractivity contribution is -0.147. The van der Waals surface area contributed by atoms with Crippen LogP contribution in [0.15, 0.2) is 24.3 Å². The number of carbonyl (C=O) groups excluding carboxylic acids is 2. The van der Waals surface area contributed by atoms with Crippen LogP contribution in [0.4, 0.5) is 13.2 Å². The molecule has 0 radical (unpaired) electrons. The normalized spacial score (nSPS) is 16.6. The van der Waals surface area contributed by atoms with Gasteiger partial charge in [-0.15, -0.1) is 0 Å². The van der Waals surface area contributed by atoms with Crippen LogP contribution in [0.2, 0.25) is 0 Å². The molecule has 0 heterocycles. The van der Waals surface area contributed by atoms with Gasteiger partial charge in [0.15, 0.2) is 12.4 Å². The van der Waals surface area contributed by atoms with Gasteiger partial charge in [0.25, 0.3) is 0 Å². The molecule has 0 bridgehead atoms. The first kappa shape index (κ1) is 14.6. The minimum atomic E-state index is -4.51. The maximum absolute atomic E-state index is 13.0. The van der Waals surface area contributed by atoms with Crippen LogP contribution in [0.3, 0.4) is 0 Å². The summed E-state index contributed by atoms with van der Waals surface area (Å²) in [6.45, 7) is 0.665. The quantitative estimate of drug-likeness (QED) is 0.799. The van der Waals surface area contributed by atoms with Crippen molar-refractivity contribution < 1.29 is 27.5 Å². The van der Waals surface area contributed by atoms with Crippen LogP contribution in [0, 0.1) is 0 Å². The van der Waals surface area contributed by atoms with Crippen LogP contribution in [0.1, 0.15) is 30.9 Å². The van der Waals surface area contributed by atoms with E-state index in [1.54, 1.807) is 0 Å². The second kappa shape index (κ2) is 4.92. The van der Waals surface area contributed by atoms with Gasteiger partial charge < -0.3 is 4.74 Å². The fourth-order valence-corrected chi connectivity index (χ4v) is 2.28. The van der Waals surface area contributed by atoms with E-state index in [-0.39, 0.29) is 5.56 Å². The third-order valence-electron chi connectivity index (χ3n) is 3.44. The van der Waals surface area contributed by atoms with Crippen molar-refractivity contribution in [2.45, 2.75) is 31.4 Å². The Balaban J connectivity index is 2.32. The fraction of sp³-hybridized carbons (Fsp3) is 0.429. The molecule has 1 saturated carbocycles. The molecule has 3 nitrogen and oxygen atoms in total. The van der Waals surface area contributed by atoms with Gasteiger partial charge in [0.05, 0.1) is 11.0 Å². The van der Waals surface area contributed by atoms with E-state index in [0.29, 0.717) is 12.8 Å². The van der Waals surface area contributed by atoms with Gasteiger partial charge in [-0.1, -0.05) is 18.2 Å². The molecule has 0 N–H and O–H groups in total. The lowest BCUT2D eigenvalue weighted by Crippen LogP contribution is -2.28. The maximum Gasteiger partial charge on any atom is 0.416 e. The molecule has 1 fully saturated rings. The minimum Gasteiger partial charge on any atom is -0.458 e. The zero-order valence-corrected chi connectivity index (χ0v) is 10.8. The molecule has 0 amide bonds. The highest BCUT2D eigenvalue weighted by atomic mass is 19.4. The van der Waals surface area contributed by atoms with Crippen LogP contribution >= 0.6 is 0 Å². The molecule has 1 aromatic rings. The third-order valence-corrected chi connectivity index (χ3v) is 3.44. The summed E-state index contributed by atoms with van der Waals surface area (Å²) in [6, 6.07) is 5.05. The first-order chi connectivity index (χ1) is 9.27. The molecular formula is C14H13F3O3. The Morgan fingerprint density at radius 1 is 1.25 bits per heavy atom. The summed E-state index contributed by atoms with van der Waals surface area (Å²) in [5.41, 5.74) is -1.97. The van der Waals surface area contributed by atoms with Crippen LogP contribution < -0.4 is 0 Å². The highest BCUT2D eigenvalue weighted by molar-refractivity contribution is 5.95. The van der Waals surface area contributed by atoms with Gasteiger partial charge in [0.1, 0.15) is 0 Å². The standard InChI is InChI=1S/C14H13F3O3/c1-9(18)20-8-12(19)13(6-7-13)10-4-2-3-5-11(10)14(15,16)17/h2-5H,6-8H2,1H3. The first-order valence-corrected chi connectivity index (χ1v) is 6.11. The summed E-state index contributed by atoms with van der Waals surface area (Å²) in [5, 5.41) is 0. The molecule has 1 aromatic carbocycles. The van der Waals surface area contributed by atoms with Crippen LogP contribution in [0.25, 0.3) is 0 Å². The number of hydrogen-bond acceptors (Lipinski definition) is 3. The van der Waals surface area contributed by atoms with E-state index >= 15 is 0 Å². The number of carbonyl (C=O) groups is 2. The van der Waals surface area contributed by atoms with E-state index in [9.17, 15) is 22.8 Å². The van der Waals surface area contributed by atoms with Crippen molar-refractivity contribution in [3.8, 4) is 0 Å². The number of Topliss-reactive ketones (excluding diaryl/α,β-unsaturated/α-hetero) is 1. The monoisotopic (exact) mass is 286 g/mol. The van der Waals surface area contributed by atoms with Gasteiger partial charge in [-0.05, 0) is 24.5 Å². The molecule has 0 aromatic heterocycles. The van der Waals surface area contributed by atoms with E-state index in [0.717, 1.165) is 13.0 Å². The third kappa shape index (κ3) is 2.69. The summed E-state index contributed by atoms with van der Waals surface area (Å²) in [7, 11) is 0. The number of rotatable bonds is 4. The van der Waals surface area contributed by atoms with Gasteiger partial charge in [0, 0.05) is 6.92 Å². The van der Waals surface area contributed by atoms with Crippen LogP contribution in [-0.4, -0.2) is 18.4 Å². The predicted octanol–water partition coefficient (Wildman–Crippen LogP) is 2.87. The number of benzene rings is 1. The van der Waals surface area contributed by atoms with Gasteiger partial charge in [-0.25, -0.2) is 0 Å². The van der Waals surface area contributed by atoms with Crippen molar-refractivity contribution in [3.63, 3.8) is 0 Å². The molecule has 0 unspecified atom stereocenters. The zero-order valence-electron chi connectivity index (χ0n) is 10.8. The lowest BCUT2D eigenvalue weighted by atomic mass is 9.87. The topological polar surface area (TPSA) is 43.4 Å². The van der Waals surface area contributed by atoms with Crippen molar-refractivity contribution in [2.24, 2.45) is 0 Å². The average Bonchev–Trinajstić information content (AvgIpc) is 3.16. The maximum atomic E-state index is 13.0. The smallest absolute Gasteiger partial charge is 0.416 e. The number of alkyl halides is 3. The van der Waals surface area contributed by atoms with Crippen molar-refractivity contribution in [3.05, 3.63) is 35.4 Å². The van der Waals surface area contributed by atoms with Gasteiger partial charge in [-0.3, -0.25) is 9.59 Å². The Morgan fingerprint density at radius 2 is 1.85 bits per heavy atom.